The number of amides is 2. The molecule has 7 nitrogen and oxygen atoms in total. The number of hydrogen-bond acceptors (Lipinski definition) is 5. The summed E-state index contributed by atoms with van der Waals surface area (Å²) >= 11 is 0. The number of piperidine rings is 1. The summed E-state index contributed by atoms with van der Waals surface area (Å²) in [5.74, 6) is 0.650. The lowest BCUT2D eigenvalue weighted by Crippen LogP contribution is -2.42. The average Bonchev–Trinajstić information content (AvgIpc) is 2.50. The molecular weight excluding hydrogens is 284 g/mol. The Kier molecular flexibility index (Phi) is 5.57. The van der Waals surface area contributed by atoms with Gasteiger partial charge in [-0.1, -0.05) is 0 Å². The van der Waals surface area contributed by atoms with E-state index in [1.54, 1.807) is 11.1 Å². The molecule has 1 aromatic heterocycles. The number of likely N-dealkylation sites (tertiary alicyclic amines) is 1. The fourth-order valence-electron chi connectivity index (χ4n) is 2.39. The van der Waals surface area contributed by atoms with E-state index in [0.29, 0.717) is 25.4 Å². The van der Waals surface area contributed by atoms with E-state index in [0.717, 1.165) is 18.7 Å². The minimum Gasteiger partial charge on any atom is -0.450 e. The highest BCUT2D eigenvalue weighted by molar-refractivity contribution is 5.88. The minimum absolute atomic E-state index is 0.117. The zero-order chi connectivity index (χ0) is 15.9. The predicted octanol–water partition coefficient (Wildman–Crippen LogP) is 2.07. The molecule has 0 radical (unpaired) electrons. The molecule has 0 unspecified atom stereocenters. The van der Waals surface area contributed by atoms with E-state index >= 15 is 0 Å². The first-order valence-corrected chi connectivity index (χ1v) is 7.50. The van der Waals surface area contributed by atoms with Crippen LogP contribution in [0.15, 0.2) is 18.3 Å². The first-order valence-electron chi connectivity index (χ1n) is 7.50. The van der Waals surface area contributed by atoms with Crippen molar-refractivity contribution < 1.29 is 14.3 Å². The lowest BCUT2D eigenvalue weighted by Gasteiger charge is -2.31. The molecule has 120 valence electrons. The van der Waals surface area contributed by atoms with Gasteiger partial charge in [0.25, 0.3) is 0 Å². The number of anilines is 2. The van der Waals surface area contributed by atoms with Gasteiger partial charge in [-0.15, -0.1) is 0 Å². The van der Waals surface area contributed by atoms with Crippen LogP contribution in [-0.4, -0.2) is 47.6 Å². The smallest absolute Gasteiger partial charge is 0.409 e. The van der Waals surface area contributed by atoms with E-state index in [4.69, 9.17) is 4.74 Å². The van der Waals surface area contributed by atoms with E-state index in [1.165, 1.54) is 6.92 Å². The van der Waals surface area contributed by atoms with Crippen LogP contribution in [0.3, 0.4) is 0 Å². The van der Waals surface area contributed by atoms with Crippen molar-refractivity contribution in [2.45, 2.75) is 32.7 Å². The molecule has 2 heterocycles. The van der Waals surface area contributed by atoms with E-state index in [-0.39, 0.29) is 18.0 Å². The van der Waals surface area contributed by atoms with Gasteiger partial charge in [0.05, 0.1) is 18.5 Å². The Morgan fingerprint density at radius 3 is 2.64 bits per heavy atom. The van der Waals surface area contributed by atoms with Crippen LogP contribution in [0, 0.1) is 0 Å². The number of rotatable bonds is 4. The number of pyridine rings is 1. The molecule has 0 spiro atoms. The molecule has 0 atom stereocenters. The van der Waals surface area contributed by atoms with Crippen LogP contribution in [0.1, 0.15) is 26.7 Å². The quantitative estimate of drug-likeness (QED) is 0.889. The topological polar surface area (TPSA) is 83.6 Å². The third-order valence-electron chi connectivity index (χ3n) is 3.46. The number of aromatic nitrogens is 1. The maximum Gasteiger partial charge on any atom is 0.409 e. The molecule has 0 aromatic carbocycles. The van der Waals surface area contributed by atoms with Gasteiger partial charge >= 0.3 is 6.09 Å². The van der Waals surface area contributed by atoms with E-state index < -0.39 is 0 Å². The van der Waals surface area contributed by atoms with E-state index in [2.05, 4.69) is 15.6 Å². The third kappa shape index (κ3) is 4.61. The number of hydrogen-bond donors (Lipinski definition) is 2. The van der Waals surface area contributed by atoms with Crippen molar-refractivity contribution in [1.29, 1.82) is 0 Å². The summed E-state index contributed by atoms with van der Waals surface area (Å²) in [4.78, 5) is 28.6. The lowest BCUT2D eigenvalue weighted by atomic mass is 10.1. The molecule has 0 bridgehead atoms. The maximum absolute atomic E-state index is 11.6. The van der Waals surface area contributed by atoms with Crippen LogP contribution in [-0.2, 0) is 9.53 Å². The molecule has 22 heavy (non-hydrogen) atoms. The van der Waals surface area contributed by atoms with Gasteiger partial charge in [0.15, 0.2) is 0 Å². The van der Waals surface area contributed by atoms with Crippen molar-refractivity contribution >= 4 is 23.5 Å². The van der Waals surface area contributed by atoms with Gasteiger partial charge in [-0.05, 0) is 31.9 Å². The van der Waals surface area contributed by atoms with Gasteiger partial charge in [-0.3, -0.25) is 4.79 Å². The Morgan fingerprint density at radius 2 is 2.09 bits per heavy atom. The normalized spacial score (nSPS) is 15.3. The molecule has 7 heteroatoms. The van der Waals surface area contributed by atoms with Gasteiger partial charge in [0.2, 0.25) is 5.91 Å². The van der Waals surface area contributed by atoms with E-state index in [9.17, 15) is 9.59 Å². The van der Waals surface area contributed by atoms with Crippen molar-refractivity contribution in [3.8, 4) is 0 Å². The molecule has 1 aliphatic heterocycles. The number of carbonyl (C=O) groups is 2. The van der Waals surface area contributed by atoms with Crippen molar-refractivity contribution in [3.63, 3.8) is 0 Å². The number of nitrogens with zero attached hydrogens (tertiary/aromatic N) is 2. The monoisotopic (exact) mass is 306 g/mol. The number of ether oxygens (including phenoxy) is 1. The molecule has 0 aliphatic carbocycles. The van der Waals surface area contributed by atoms with Gasteiger partial charge < -0.3 is 20.3 Å². The van der Waals surface area contributed by atoms with Crippen molar-refractivity contribution in [2.75, 3.05) is 30.3 Å². The summed E-state index contributed by atoms with van der Waals surface area (Å²) in [6, 6.07) is 3.93. The lowest BCUT2D eigenvalue weighted by molar-refractivity contribution is -0.114. The SMILES string of the molecule is CCOC(=O)N1CCC(Nc2ccc(NC(C)=O)cn2)CC1. The first-order chi connectivity index (χ1) is 10.6. The van der Waals surface area contributed by atoms with Gasteiger partial charge in [-0.2, -0.15) is 0 Å². The summed E-state index contributed by atoms with van der Waals surface area (Å²) in [5.41, 5.74) is 0.676. The highest BCUT2D eigenvalue weighted by Gasteiger charge is 2.23. The Labute approximate surface area is 130 Å². The number of nitrogens with one attached hydrogen (secondary N) is 2. The largest absolute Gasteiger partial charge is 0.450 e. The van der Waals surface area contributed by atoms with Crippen LogP contribution in [0.5, 0.6) is 0 Å². The highest BCUT2D eigenvalue weighted by atomic mass is 16.6. The zero-order valence-electron chi connectivity index (χ0n) is 13.0. The fourth-order valence-corrected chi connectivity index (χ4v) is 2.39. The second kappa shape index (κ2) is 7.63. The fraction of sp³-hybridized carbons (Fsp3) is 0.533. The van der Waals surface area contributed by atoms with Gasteiger partial charge in [-0.25, -0.2) is 9.78 Å². The molecule has 1 fully saturated rings. The summed E-state index contributed by atoms with van der Waals surface area (Å²) in [5, 5.41) is 6.03. The van der Waals surface area contributed by atoms with Crippen LogP contribution in [0.25, 0.3) is 0 Å². The molecule has 0 saturated carbocycles. The van der Waals surface area contributed by atoms with Crippen LogP contribution in [0.4, 0.5) is 16.3 Å². The standard InChI is InChI=1S/C15H22N4O3/c1-3-22-15(21)19-8-6-12(7-9-19)18-14-5-4-13(10-16-14)17-11(2)20/h4-5,10,12H,3,6-9H2,1-2H3,(H,16,18)(H,17,20). The van der Waals surface area contributed by atoms with Gasteiger partial charge in [0.1, 0.15) is 5.82 Å². The second-order valence-corrected chi connectivity index (χ2v) is 5.22. The molecule has 2 rings (SSSR count). The molecule has 2 N–H and O–H groups in total. The molecular formula is C15H22N4O3. The first kappa shape index (κ1) is 16.1. The van der Waals surface area contributed by atoms with Crippen LogP contribution < -0.4 is 10.6 Å². The predicted molar refractivity (Wildman–Crippen MR) is 83.8 cm³/mol. The molecule has 1 aromatic rings. The van der Waals surface area contributed by atoms with Gasteiger partial charge in [0, 0.05) is 26.1 Å². The van der Waals surface area contributed by atoms with Crippen molar-refractivity contribution in [2.24, 2.45) is 0 Å². The van der Waals surface area contributed by atoms with E-state index in [1.807, 2.05) is 19.1 Å². The second-order valence-electron chi connectivity index (χ2n) is 5.22. The Balaban J connectivity index is 1.80. The van der Waals surface area contributed by atoms with Crippen molar-refractivity contribution in [3.05, 3.63) is 18.3 Å². The maximum atomic E-state index is 11.6. The summed E-state index contributed by atoms with van der Waals surface area (Å²) in [7, 11) is 0. The molecule has 1 aliphatic rings. The summed E-state index contributed by atoms with van der Waals surface area (Å²) in [6.45, 7) is 5.04. The highest BCUT2D eigenvalue weighted by Crippen LogP contribution is 2.17. The van der Waals surface area contributed by atoms with Crippen molar-refractivity contribution in [1.82, 2.24) is 9.88 Å². The molecule has 2 amide bonds. The molecule has 1 saturated heterocycles. The zero-order valence-corrected chi connectivity index (χ0v) is 13.0. The summed E-state index contributed by atoms with van der Waals surface area (Å²) in [6.07, 6.45) is 3.10. The third-order valence-corrected chi connectivity index (χ3v) is 3.46. The summed E-state index contributed by atoms with van der Waals surface area (Å²) < 4.78 is 5.00. The Hall–Kier alpha value is -2.31. The Bertz CT molecular complexity index is 510. The minimum atomic E-state index is -0.237. The Morgan fingerprint density at radius 1 is 1.36 bits per heavy atom. The van der Waals surface area contributed by atoms with Crippen LogP contribution in [0.2, 0.25) is 0 Å². The average molecular weight is 306 g/mol. The van der Waals surface area contributed by atoms with Crippen LogP contribution >= 0.6 is 0 Å². The number of carbonyl (C=O) groups excluding carboxylic acids is 2.